The summed E-state index contributed by atoms with van der Waals surface area (Å²) < 4.78 is 1.91. The van der Waals surface area contributed by atoms with Crippen LogP contribution in [0.25, 0.3) is 0 Å². The number of aryl methyl sites for hydroxylation is 1. The second-order valence-electron chi connectivity index (χ2n) is 3.12. The predicted octanol–water partition coefficient (Wildman–Crippen LogP) is 2.34. The zero-order valence-electron chi connectivity index (χ0n) is 8.03. The first-order valence-corrected chi connectivity index (χ1v) is 4.79. The van der Waals surface area contributed by atoms with Gasteiger partial charge in [0, 0.05) is 18.9 Å². The summed E-state index contributed by atoms with van der Waals surface area (Å²) in [5.41, 5.74) is 0. The maximum Gasteiger partial charge on any atom is 0.212 e. The van der Waals surface area contributed by atoms with Gasteiger partial charge in [0.1, 0.15) is 6.07 Å². The molecule has 0 saturated carbocycles. The van der Waals surface area contributed by atoms with Crippen LogP contribution in [0.5, 0.6) is 0 Å². The van der Waals surface area contributed by atoms with E-state index in [1.54, 1.807) is 6.20 Å². The molecule has 0 bridgehead atoms. The Morgan fingerprint density at radius 3 is 3.00 bits per heavy atom. The number of unbranched alkanes of at least 4 members (excludes halogenated alkanes) is 3. The molecule has 0 aliphatic rings. The molecule has 3 nitrogen and oxygen atoms in total. The van der Waals surface area contributed by atoms with Crippen molar-refractivity contribution in [2.75, 3.05) is 0 Å². The van der Waals surface area contributed by atoms with Crippen molar-refractivity contribution < 1.29 is 0 Å². The summed E-state index contributed by atoms with van der Waals surface area (Å²) >= 11 is 0. The average molecular weight is 177 g/mol. The van der Waals surface area contributed by atoms with Gasteiger partial charge in [-0.1, -0.05) is 26.2 Å². The maximum absolute atomic E-state index is 8.68. The molecule has 0 radical (unpaired) electrons. The van der Waals surface area contributed by atoms with Crippen LogP contribution < -0.4 is 0 Å². The smallest absolute Gasteiger partial charge is 0.212 e. The van der Waals surface area contributed by atoms with E-state index in [0.29, 0.717) is 5.82 Å². The second-order valence-corrected chi connectivity index (χ2v) is 3.12. The molecule has 1 rings (SSSR count). The Kier molecular flexibility index (Phi) is 4.04. The number of nitrogens with zero attached hydrogens (tertiary/aromatic N) is 3. The van der Waals surface area contributed by atoms with Crippen LogP contribution in [0, 0.1) is 11.3 Å². The molecule has 0 aliphatic heterocycles. The van der Waals surface area contributed by atoms with Crippen LogP contribution in [0.1, 0.15) is 38.4 Å². The van der Waals surface area contributed by atoms with E-state index in [9.17, 15) is 0 Å². The van der Waals surface area contributed by atoms with E-state index in [0.717, 1.165) is 13.0 Å². The van der Waals surface area contributed by atoms with Crippen LogP contribution in [0.15, 0.2) is 12.4 Å². The van der Waals surface area contributed by atoms with Crippen LogP contribution in [-0.2, 0) is 6.54 Å². The van der Waals surface area contributed by atoms with E-state index < -0.39 is 0 Å². The quantitative estimate of drug-likeness (QED) is 0.648. The molecule has 1 aromatic heterocycles. The van der Waals surface area contributed by atoms with Gasteiger partial charge in [0.15, 0.2) is 0 Å². The number of hydrogen-bond donors (Lipinski definition) is 0. The molecule has 0 aliphatic carbocycles. The molecule has 70 valence electrons. The highest BCUT2D eigenvalue weighted by molar-refractivity contribution is 5.10. The highest BCUT2D eigenvalue weighted by atomic mass is 15.1. The van der Waals surface area contributed by atoms with Crippen molar-refractivity contribution in [3.8, 4) is 6.07 Å². The second kappa shape index (κ2) is 5.36. The van der Waals surface area contributed by atoms with Crippen molar-refractivity contribution in [3.05, 3.63) is 18.2 Å². The largest absolute Gasteiger partial charge is 0.323 e. The Morgan fingerprint density at radius 1 is 1.46 bits per heavy atom. The highest BCUT2D eigenvalue weighted by Crippen LogP contribution is 2.03. The first-order valence-electron chi connectivity index (χ1n) is 4.79. The van der Waals surface area contributed by atoms with Gasteiger partial charge in [0.05, 0.1) is 0 Å². The summed E-state index contributed by atoms with van der Waals surface area (Å²) in [4.78, 5) is 3.94. The Morgan fingerprint density at radius 2 is 2.31 bits per heavy atom. The van der Waals surface area contributed by atoms with E-state index in [2.05, 4.69) is 18.0 Å². The first kappa shape index (κ1) is 9.79. The Labute approximate surface area is 79.0 Å². The topological polar surface area (TPSA) is 41.6 Å². The van der Waals surface area contributed by atoms with E-state index in [-0.39, 0.29) is 0 Å². The lowest BCUT2D eigenvalue weighted by Gasteiger charge is -2.01. The number of hydrogen-bond acceptors (Lipinski definition) is 2. The molecule has 0 fully saturated rings. The van der Waals surface area contributed by atoms with Gasteiger partial charge in [0.25, 0.3) is 0 Å². The van der Waals surface area contributed by atoms with Gasteiger partial charge in [-0.3, -0.25) is 0 Å². The lowest BCUT2D eigenvalue weighted by Crippen LogP contribution is -1.99. The number of nitriles is 1. The molecule has 0 amide bonds. The SMILES string of the molecule is CCCCCCn1ccnc1C#N. The van der Waals surface area contributed by atoms with Crippen LogP contribution in [0.4, 0.5) is 0 Å². The third kappa shape index (κ3) is 2.90. The standard InChI is InChI=1S/C10H15N3/c1-2-3-4-5-7-13-8-6-12-10(13)9-11/h6,8H,2-5,7H2,1H3. The van der Waals surface area contributed by atoms with Gasteiger partial charge in [-0.15, -0.1) is 0 Å². The van der Waals surface area contributed by atoms with Gasteiger partial charge in [-0.2, -0.15) is 5.26 Å². The monoisotopic (exact) mass is 177 g/mol. The molecule has 0 N–H and O–H groups in total. The van der Waals surface area contributed by atoms with Crippen molar-refractivity contribution in [1.29, 1.82) is 5.26 Å². The molecule has 0 atom stereocenters. The van der Waals surface area contributed by atoms with E-state index >= 15 is 0 Å². The van der Waals surface area contributed by atoms with Gasteiger partial charge >= 0.3 is 0 Å². The predicted molar refractivity (Wildman–Crippen MR) is 51.1 cm³/mol. The minimum absolute atomic E-state index is 0.525. The van der Waals surface area contributed by atoms with Crippen molar-refractivity contribution in [3.63, 3.8) is 0 Å². The third-order valence-corrected chi connectivity index (χ3v) is 2.07. The van der Waals surface area contributed by atoms with Crippen LogP contribution in [0.2, 0.25) is 0 Å². The Balaban J connectivity index is 2.33. The Hall–Kier alpha value is -1.30. The minimum Gasteiger partial charge on any atom is -0.323 e. The fourth-order valence-electron chi connectivity index (χ4n) is 1.31. The fraction of sp³-hybridized carbons (Fsp3) is 0.600. The van der Waals surface area contributed by atoms with Gasteiger partial charge < -0.3 is 4.57 Å². The van der Waals surface area contributed by atoms with Gasteiger partial charge in [0.2, 0.25) is 5.82 Å². The minimum atomic E-state index is 0.525. The molecular weight excluding hydrogens is 162 g/mol. The zero-order chi connectivity index (χ0) is 9.52. The first-order chi connectivity index (χ1) is 6.38. The highest BCUT2D eigenvalue weighted by Gasteiger charge is 1.99. The van der Waals surface area contributed by atoms with E-state index in [1.807, 2.05) is 10.8 Å². The van der Waals surface area contributed by atoms with E-state index in [4.69, 9.17) is 5.26 Å². The summed E-state index contributed by atoms with van der Waals surface area (Å²) in [6.45, 7) is 3.11. The summed E-state index contributed by atoms with van der Waals surface area (Å²) in [5.74, 6) is 0.525. The summed E-state index contributed by atoms with van der Waals surface area (Å²) in [5, 5.41) is 8.68. The molecule has 3 heteroatoms. The number of rotatable bonds is 5. The van der Waals surface area contributed by atoms with Crippen molar-refractivity contribution in [2.45, 2.75) is 39.2 Å². The molecular formula is C10H15N3. The van der Waals surface area contributed by atoms with Crippen molar-refractivity contribution >= 4 is 0 Å². The summed E-state index contributed by atoms with van der Waals surface area (Å²) in [6.07, 6.45) is 8.44. The summed E-state index contributed by atoms with van der Waals surface area (Å²) in [6, 6.07) is 2.07. The average Bonchev–Trinajstić information content (AvgIpc) is 2.60. The van der Waals surface area contributed by atoms with Gasteiger partial charge in [-0.25, -0.2) is 4.98 Å². The maximum atomic E-state index is 8.68. The van der Waals surface area contributed by atoms with Gasteiger partial charge in [-0.05, 0) is 6.42 Å². The lowest BCUT2D eigenvalue weighted by atomic mass is 10.2. The normalized spacial score (nSPS) is 9.85. The molecule has 13 heavy (non-hydrogen) atoms. The molecule has 0 aromatic carbocycles. The summed E-state index contributed by atoms with van der Waals surface area (Å²) in [7, 11) is 0. The zero-order valence-corrected chi connectivity index (χ0v) is 8.03. The van der Waals surface area contributed by atoms with Crippen LogP contribution in [-0.4, -0.2) is 9.55 Å². The molecule has 1 heterocycles. The van der Waals surface area contributed by atoms with Crippen LogP contribution >= 0.6 is 0 Å². The molecule has 0 saturated heterocycles. The molecule has 1 aromatic rings. The van der Waals surface area contributed by atoms with Crippen molar-refractivity contribution in [1.82, 2.24) is 9.55 Å². The van der Waals surface area contributed by atoms with Crippen LogP contribution in [0.3, 0.4) is 0 Å². The van der Waals surface area contributed by atoms with Crippen molar-refractivity contribution in [2.24, 2.45) is 0 Å². The van der Waals surface area contributed by atoms with E-state index in [1.165, 1.54) is 19.3 Å². The molecule has 0 spiro atoms. The number of aromatic nitrogens is 2. The number of imidazole rings is 1. The third-order valence-electron chi connectivity index (χ3n) is 2.07. The lowest BCUT2D eigenvalue weighted by molar-refractivity contribution is 0.578. The fourth-order valence-corrected chi connectivity index (χ4v) is 1.31. The molecule has 0 unspecified atom stereocenters. The Bertz CT molecular complexity index is 283.